The molecular formula is C15H12BrClN2O. The lowest BCUT2D eigenvalue weighted by Gasteiger charge is -2.27. The Morgan fingerprint density at radius 1 is 1.30 bits per heavy atom. The molecule has 20 heavy (non-hydrogen) atoms. The van der Waals surface area contributed by atoms with Crippen molar-refractivity contribution < 1.29 is 4.79 Å². The van der Waals surface area contributed by atoms with Crippen molar-refractivity contribution in [2.75, 3.05) is 7.05 Å². The SMILES string of the molecule is CN1C(=O)c2cc(Cl)cn2-c2cc(Br)ccc2C12CC2. The van der Waals surface area contributed by atoms with Crippen LogP contribution in [0.1, 0.15) is 28.9 Å². The summed E-state index contributed by atoms with van der Waals surface area (Å²) in [5.74, 6) is 0.0294. The van der Waals surface area contributed by atoms with Crippen molar-refractivity contribution in [3.05, 3.63) is 51.2 Å². The third kappa shape index (κ3) is 1.49. The van der Waals surface area contributed by atoms with Gasteiger partial charge in [-0.15, -0.1) is 0 Å². The summed E-state index contributed by atoms with van der Waals surface area (Å²) in [6.45, 7) is 0. The van der Waals surface area contributed by atoms with Crippen molar-refractivity contribution in [2.24, 2.45) is 0 Å². The van der Waals surface area contributed by atoms with Crippen molar-refractivity contribution in [3.63, 3.8) is 0 Å². The van der Waals surface area contributed by atoms with Crippen LogP contribution in [-0.4, -0.2) is 22.4 Å². The number of hydrogen-bond acceptors (Lipinski definition) is 1. The number of benzene rings is 1. The lowest BCUT2D eigenvalue weighted by molar-refractivity contribution is 0.0705. The molecule has 0 atom stereocenters. The Kier molecular flexibility index (Phi) is 2.43. The summed E-state index contributed by atoms with van der Waals surface area (Å²) < 4.78 is 2.91. The zero-order valence-electron chi connectivity index (χ0n) is 10.9. The molecule has 102 valence electrons. The molecule has 1 spiro atoms. The molecule has 0 unspecified atom stereocenters. The van der Waals surface area contributed by atoms with Gasteiger partial charge in [-0.2, -0.15) is 0 Å². The van der Waals surface area contributed by atoms with Crippen molar-refractivity contribution in [2.45, 2.75) is 18.4 Å². The summed E-state index contributed by atoms with van der Waals surface area (Å²) in [6.07, 6.45) is 3.85. The van der Waals surface area contributed by atoms with Gasteiger partial charge in [0, 0.05) is 23.3 Å². The molecule has 0 radical (unpaired) electrons. The molecule has 1 aliphatic heterocycles. The first-order valence-electron chi connectivity index (χ1n) is 6.49. The van der Waals surface area contributed by atoms with Crippen LogP contribution < -0.4 is 0 Å². The van der Waals surface area contributed by atoms with Crippen LogP contribution in [0.5, 0.6) is 0 Å². The van der Waals surface area contributed by atoms with Crippen LogP contribution in [0.3, 0.4) is 0 Å². The van der Waals surface area contributed by atoms with Gasteiger partial charge in [-0.3, -0.25) is 4.79 Å². The fourth-order valence-electron chi connectivity index (χ4n) is 3.16. The molecule has 0 bridgehead atoms. The average Bonchev–Trinajstić information content (AvgIpc) is 3.14. The van der Waals surface area contributed by atoms with E-state index in [1.807, 2.05) is 28.8 Å². The summed E-state index contributed by atoms with van der Waals surface area (Å²) in [5, 5.41) is 0.583. The maximum atomic E-state index is 12.7. The predicted octanol–water partition coefficient (Wildman–Crippen LogP) is 3.97. The monoisotopic (exact) mass is 350 g/mol. The number of carbonyl (C=O) groups is 1. The van der Waals surface area contributed by atoms with Crippen LogP contribution in [0.4, 0.5) is 0 Å². The van der Waals surface area contributed by atoms with Crippen LogP contribution in [-0.2, 0) is 5.54 Å². The second kappa shape index (κ2) is 3.89. The lowest BCUT2D eigenvalue weighted by atomic mass is 10.0. The summed E-state index contributed by atoms with van der Waals surface area (Å²) in [7, 11) is 1.89. The molecule has 1 aromatic heterocycles. The van der Waals surface area contributed by atoms with Gasteiger partial charge in [-0.25, -0.2) is 0 Å². The summed E-state index contributed by atoms with van der Waals surface area (Å²) in [4.78, 5) is 14.6. The largest absolute Gasteiger partial charge is 0.331 e. The highest BCUT2D eigenvalue weighted by molar-refractivity contribution is 9.10. The first-order chi connectivity index (χ1) is 9.53. The number of nitrogens with zero attached hydrogens (tertiary/aromatic N) is 2. The van der Waals surface area contributed by atoms with Gasteiger partial charge in [-0.1, -0.05) is 33.6 Å². The first-order valence-corrected chi connectivity index (χ1v) is 7.66. The summed E-state index contributed by atoms with van der Waals surface area (Å²) >= 11 is 9.62. The van der Waals surface area contributed by atoms with E-state index in [-0.39, 0.29) is 11.4 Å². The molecule has 4 rings (SSSR count). The highest BCUT2D eigenvalue weighted by Gasteiger charge is 2.53. The van der Waals surface area contributed by atoms with Gasteiger partial charge < -0.3 is 9.47 Å². The topological polar surface area (TPSA) is 25.2 Å². The van der Waals surface area contributed by atoms with Gasteiger partial charge in [-0.05, 0) is 31.0 Å². The average molecular weight is 352 g/mol. The Labute approximate surface area is 130 Å². The number of halogens is 2. The number of amides is 1. The zero-order chi connectivity index (χ0) is 14.1. The van der Waals surface area contributed by atoms with Gasteiger partial charge in [0.05, 0.1) is 16.2 Å². The Balaban J connectivity index is 2.09. The van der Waals surface area contributed by atoms with E-state index in [0.29, 0.717) is 10.7 Å². The zero-order valence-corrected chi connectivity index (χ0v) is 13.2. The van der Waals surface area contributed by atoms with Crippen LogP contribution >= 0.6 is 27.5 Å². The molecule has 2 heterocycles. The summed E-state index contributed by atoms with van der Waals surface area (Å²) in [6, 6.07) is 7.95. The molecule has 1 aromatic carbocycles. The number of hydrogen-bond donors (Lipinski definition) is 0. The van der Waals surface area contributed by atoms with Crippen molar-refractivity contribution >= 4 is 33.4 Å². The molecule has 3 nitrogen and oxygen atoms in total. The molecule has 0 N–H and O–H groups in total. The van der Waals surface area contributed by atoms with E-state index in [9.17, 15) is 4.79 Å². The highest BCUT2D eigenvalue weighted by Crippen LogP contribution is 2.54. The molecule has 1 saturated carbocycles. The van der Waals surface area contributed by atoms with E-state index in [2.05, 4.69) is 28.1 Å². The van der Waals surface area contributed by atoms with E-state index in [1.54, 1.807) is 6.07 Å². The number of carbonyl (C=O) groups excluding carboxylic acids is 1. The van der Waals surface area contributed by atoms with Crippen LogP contribution in [0.15, 0.2) is 34.9 Å². The molecule has 2 aliphatic rings. The van der Waals surface area contributed by atoms with Crippen molar-refractivity contribution in [1.82, 2.24) is 9.47 Å². The minimum atomic E-state index is -0.140. The third-order valence-electron chi connectivity index (χ3n) is 4.40. The normalized spacial score (nSPS) is 18.8. The first kappa shape index (κ1) is 12.5. The maximum Gasteiger partial charge on any atom is 0.271 e. The molecular weight excluding hydrogens is 340 g/mol. The Morgan fingerprint density at radius 2 is 2.05 bits per heavy atom. The fourth-order valence-corrected chi connectivity index (χ4v) is 3.71. The molecule has 2 aromatic rings. The van der Waals surface area contributed by atoms with Crippen molar-refractivity contribution in [3.8, 4) is 5.69 Å². The molecule has 5 heteroatoms. The predicted molar refractivity (Wildman–Crippen MR) is 81.5 cm³/mol. The van der Waals surface area contributed by atoms with E-state index in [0.717, 1.165) is 23.0 Å². The Hall–Kier alpha value is -1.26. The Morgan fingerprint density at radius 3 is 2.75 bits per heavy atom. The second-order valence-electron chi connectivity index (χ2n) is 5.47. The summed E-state index contributed by atoms with van der Waals surface area (Å²) in [5.41, 5.74) is 2.72. The third-order valence-corrected chi connectivity index (χ3v) is 5.10. The number of fused-ring (bicyclic) bond motifs is 4. The quantitative estimate of drug-likeness (QED) is 0.705. The molecule has 0 saturated heterocycles. The highest BCUT2D eigenvalue weighted by atomic mass is 79.9. The number of aromatic nitrogens is 1. The minimum absolute atomic E-state index is 0.0294. The van der Waals surface area contributed by atoms with Gasteiger partial charge in [0.15, 0.2) is 0 Å². The lowest BCUT2D eigenvalue weighted by Crippen LogP contribution is -2.36. The van der Waals surface area contributed by atoms with Gasteiger partial charge in [0.2, 0.25) is 0 Å². The van der Waals surface area contributed by atoms with Gasteiger partial charge in [0.25, 0.3) is 5.91 Å². The van der Waals surface area contributed by atoms with Crippen LogP contribution in [0.25, 0.3) is 5.69 Å². The van der Waals surface area contributed by atoms with E-state index < -0.39 is 0 Å². The standard InChI is InChI=1S/C15H12BrClN2O/c1-18-14(20)13-7-10(17)8-19(13)12-6-9(16)2-3-11(12)15(18)4-5-15/h2-3,6-8H,4-5H2,1H3. The smallest absolute Gasteiger partial charge is 0.271 e. The van der Waals surface area contributed by atoms with Gasteiger partial charge in [0.1, 0.15) is 5.69 Å². The molecule has 1 fully saturated rings. The minimum Gasteiger partial charge on any atom is -0.331 e. The number of rotatable bonds is 0. The Bertz CT molecular complexity index is 748. The fraction of sp³-hybridized carbons (Fsp3) is 0.267. The van der Waals surface area contributed by atoms with Crippen LogP contribution in [0, 0.1) is 0 Å². The molecule has 1 amide bonds. The maximum absolute atomic E-state index is 12.7. The van der Waals surface area contributed by atoms with Gasteiger partial charge >= 0.3 is 0 Å². The van der Waals surface area contributed by atoms with E-state index in [4.69, 9.17) is 11.6 Å². The van der Waals surface area contributed by atoms with Crippen LogP contribution in [0.2, 0.25) is 5.02 Å². The van der Waals surface area contributed by atoms with E-state index >= 15 is 0 Å². The molecule has 1 aliphatic carbocycles. The van der Waals surface area contributed by atoms with E-state index in [1.165, 1.54) is 5.56 Å². The second-order valence-corrected chi connectivity index (χ2v) is 6.82. The van der Waals surface area contributed by atoms with Crippen molar-refractivity contribution in [1.29, 1.82) is 0 Å².